The maximum absolute atomic E-state index is 15.2. The molecule has 1 saturated carbocycles. The van der Waals surface area contributed by atoms with Gasteiger partial charge < -0.3 is 9.84 Å². The number of fused-ring (bicyclic) bond motifs is 4. The number of imide groups is 2. The number of phenols is 1. The van der Waals surface area contributed by atoms with E-state index in [2.05, 4.69) is 0 Å². The molecule has 3 aromatic carbocycles. The molecule has 1 N–H and O–H groups in total. The normalized spacial score (nSPS) is 29.5. The van der Waals surface area contributed by atoms with Crippen molar-refractivity contribution in [2.24, 2.45) is 17.8 Å². The fraction of sp³-hybridized carbons (Fsp3) is 0.273. The third-order valence-electron chi connectivity index (χ3n) is 9.76. The minimum absolute atomic E-state index is 0.0208. The Hall–Kier alpha value is -4.49. The lowest BCUT2D eigenvalue weighted by Gasteiger charge is -2.50. The fourth-order valence-electron chi connectivity index (χ4n) is 7.68. The van der Waals surface area contributed by atoms with Crippen LogP contribution in [0.4, 0.5) is 33.3 Å². The molecule has 48 heavy (non-hydrogen) atoms. The lowest BCUT2D eigenvalue weighted by molar-refractivity contribution is -0.125. The molecule has 0 aromatic heterocycles. The number of amides is 4. The highest BCUT2D eigenvalue weighted by Gasteiger charge is 2.77. The van der Waals surface area contributed by atoms with Crippen LogP contribution in [0.1, 0.15) is 24.3 Å². The van der Waals surface area contributed by atoms with Crippen LogP contribution in [0.5, 0.6) is 11.5 Å². The van der Waals surface area contributed by atoms with Gasteiger partial charge in [0.05, 0.1) is 24.6 Å². The number of anilines is 2. The number of allylic oxidation sites excluding steroid dienone is 2. The first-order valence-electron chi connectivity index (χ1n) is 14.5. The van der Waals surface area contributed by atoms with Crippen LogP contribution in [0.2, 0.25) is 0 Å². The van der Waals surface area contributed by atoms with E-state index in [1.165, 1.54) is 19.2 Å². The van der Waals surface area contributed by atoms with E-state index in [0.717, 1.165) is 11.0 Å². The van der Waals surface area contributed by atoms with E-state index in [1.54, 1.807) is 36.4 Å². The Morgan fingerprint density at radius 1 is 0.812 bits per heavy atom. The van der Waals surface area contributed by atoms with Crippen molar-refractivity contribution in [3.63, 3.8) is 0 Å². The van der Waals surface area contributed by atoms with Gasteiger partial charge >= 0.3 is 0 Å². The van der Waals surface area contributed by atoms with Gasteiger partial charge in [0, 0.05) is 17.5 Å². The molecule has 6 atom stereocenters. The number of aromatic hydroxyl groups is 1. The number of methoxy groups -OCH3 is 1. The Kier molecular flexibility index (Phi) is 7.19. The van der Waals surface area contributed by atoms with Crippen LogP contribution in [0.15, 0.2) is 60.2 Å². The first-order valence-corrected chi connectivity index (χ1v) is 15.2. The number of rotatable bonds is 4. The number of para-hydroxylation sites is 1. The topological polar surface area (TPSA) is 104 Å². The first-order chi connectivity index (χ1) is 22.7. The van der Waals surface area contributed by atoms with E-state index >= 15 is 8.78 Å². The molecule has 2 aliphatic carbocycles. The van der Waals surface area contributed by atoms with Crippen LogP contribution in [-0.2, 0) is 19.2 Å². The molecule has 248 valence electrons. The molecular formula is C33H21Cl2F5N2O6. The average Bonchev–Trinajstić information content (AvgIpc) is 3.41. The minimum Gasteiger partial charge on any atom is -0.508 e. The zero-order valence-electron chi connectivity index (χ0n) is 24.4. The summed E-state index contributed by atoms with van der Waals surface area (Å²) in [6.07, 6.45) is 0.912. The number of alkyl halides is 2. The highest BCUT2D eigenvalue weighted by Crippen LogP contribution is 2.67. The van der Waals surface area contributed by atoms with Crippen molar-refractivity contribution in [1.29, 1.82) is 0 Å². The van der Waals surface area contributed by atoms with Crippen molar-refractivity contribution in [2.45, 2.75) is 28.5 Å². The lowest BCUT2D eigenvalue weighted by atomic mass is 9.56. The third-order valence-corrected chi connectivity index (χ3v) is 11.2. The van der Waals surface area contributed by atoms with Crippen molar-refractivity contribution in [1.82, 2.24) is 0 Å². The van der Waals surface area contributed by atoms with Gasteiger partial charge in [0.2, 0.25) is 17.6 Å². The Bertz CT molecular complexity index is 1980. The van der Waals surface area contributed by atoms with Gasteiger partial charge in [0.15, 0.2) is 33.0 Å². The molecule has 7 rings (SSSR count). The van der Waals surface area contributed by atoms with E-state index in [4.69, 9.17) is 27.9 Å². The standard InChI is InChI=1S/C33H21Cl2F5N2O6/c1-48-19-11-14(43)7-8-16(19)21-15-9-10-17-20(29(45)41(28(17)44)13-5-3-2-4-6-13)18(15)12-32(34)30(46)42(31(47)33(21,32)35)27-25(39)23(37)22(36)24(38)26(27)40/h2-9,11,17-18,20-21,43H,10,12H2,1H3/t17-,18+,20-,21+,32+,33-/m0/s1. The maximum Gasteiger partial charge on any atom is 0.258 e. The van der Waals surface area contributed by atoms with Gasteiger partial charge in [0.1, 0.15) is 17.2 Å². The quantitative estimate of drug-likeness (QED) is 0.0910. The number of hydrogen-bond donors (Lipinski definition) is 1. The number of benzene rings is 3. The summed E-state index contributed by atoms with van der Waals surface area (Å²) < 4.78 is 78.6. The second-order valence-corrected chi connectivity index (χ2v) is 13.2. The Labute approximate surface area is 278 Å². The van der Waals surface area contributed by atoms with Crippen LogP contribution < -0.4 is 14.5 Å². The van der Waals surface area contributed by atoms with Crippen molar-refractivity contribution in [3.8, 4) is 11.5 Å². The van der Waals surface area contributed by atoms with Gasteiger partial charge in [-0.25, -0.2) is 26.9 Å². The zero-order valence-corrected chi connectivity index (χ0v) is 26.0. The highest BCUT2D eigenvalue weighted by atomic mass is 35.5. The number of phenolic OH excluding ortho intramolecular Hbond substituents is 1. The molecule has 2 heterocycles. The molecule has 2 saturated heterocycles. The molecule has 0 bridgehead atoms. The van der Waals surface area contributed by atoms with Gasteiger partial charge in [0.25, 0.3) is 11.8 Å². The van der Waals surface area contributed by atoms with E-state index in [1.807, 2.05) is 0 Å². The summed E-state index contributed by atoms with van der Waals surface area (Å²) in [4.78, 5) is 51.7. The molecule has 15 heteroatoms. The van der Waals surface area contributed by atoms with Crippen LogP contribution in [0.3, 0.4) is 0 Å². The molecule has 8 nitrogen and oxygen atoms in total. The van der Waals surface area contributed by atoms with Crippen molar-refractivity contribution in [3.05, 3.63) is 94.8 Å². The Balaban J connectivity index is 1.46. The summed E-state index contributed by atoms with van der Waals surface area (Å²) in [6.45, 7) is 0. The monoisotopic (exact) mass is 706 g/mol. The predicted molar refractivity (Wildman–Crippen MR) is 160 cm³/mol. The number of halogens is 7. The highest BCUT2D eigenvalue weighted by molar-refractivity contribution is 6.58. The lowest BCUT2D eigenvalue weighted by Crippen LogP contribution is -2.60. The van der Waals surface area contributed by atoms with E-state index in [-0.39, 0.29) is 39.6 Å². The van der Waals surface area contributed by atoms with Gasteiger partial charge in [-0.1, -0.05) is 35.9 Å². The summed E-state index contributed by atoms with van der Waals surface area (Å²) in [5.41, 5.74) is -1.29. The number of carbonyl (C=O) groups is 4. The van der Waals surface area contributed by atoms with Crippen molar-refractivity contribution < 1.29 is 51.0 Å². The summed E-state index contributed by atoms with van der Waals surface area (Å²) in [5.74, 6) is -21.7. The number of carbonyl (C=O) groups excluding carboxylic acids is 4. The zero-order chi connectivity index (χ0) is 34.6. The van der Waals surface area contributed by atoms with Crippen LogP contribution in [-0.4, -0.2) is 45.6 Å². The second kappa shape index (κ2) is 10.8. The summed E-state index contributed by atoms with van der Waals surface area (Å²) >= 11 is 14.2. The van der Waals surface area contributed by atoms with Gasteiger partial charge in [-0.2, -0.15) is 0 Å². The predicted octanol–water partition coefficient (Wildman–Crippen LogP) is 5.86. The average molecular weight is 707 g/mol. The molecule has 3 fully saturated rings. The van der Waals surface area contributed by atoms with Gasteiger partial charge in [-0.3, -0.25) is 24.1 Å². The summed E-state index contributed by atoms with van der Waals surface area (Å²) in [6, 6.07) is 11.7. The SMILES string of the molecule is COc1cc(O)ccc1[C@H]1C2=CC[C@@H]3C(=O)N(c4ccccc4)C(=O)[C@@H]3[C@@H]2C[C@@]2(Cl)C(=O)N(c3c(F)c(F)c(F)c(F)c3F)C(=O)[C@@]12Cl. The Morgan fingerprint density at radius 2 is 1.44 bits per heavy atom. The third kappa shape index (κ3) is 3.94. The fourth-order valence-corrected chi connectivity index (χ4v) is 8.61. The minimum atomic E-state index is -2.71. The van der Waals surface area contributed by atoms with Gasteiger partial charge in [-0.05, 0) is 37.0 Å². The van der Waals surface area contributed by atoms with E-state index in [9.17, 15) is 37.5 Å². The van der Waals surface area contributed by atoms with Crippen molar-refractivity contribution in [2.75, 3.05) is 16.9 Å². The smallest absolute Gasteiger partial charge is 0.258 e. The van der Waals surface area contributed by atoms with Gasteiger partial charge in [-0.15, -0.1) is 23.2 Å². The molecule has 3 aromatic rings. The largest absolute Gasteiger partial charge is 0.508 e. The molecular weight excluding hydrogens is 686 g/mol. The molecule has 4 aliphatic rings. The second-order valence-electron chi connectivity index (χ2n) is 12.0. The molecule has 0 unspecified atom stereocenters. The molecule has 0 spiro atoms. The van der Waals surface area contributed by atoms with E-state index in [0.29, 0.717) is 0 Å². The van der Waals surface area contributed by atoms with Crippen LogP contribution >= 0.6 is 23.2 Å². The summed E-state index contributed by atoms with van der Waals surface area (Å²) in [5, 5.41) is 10.2. The number of nitrogens with zero attached hydrogens (tertiary/aromatic N) is 2. The van der Waals surface area contributed by atoms with Crippen LogP contribution in [0, 0.1) is 46.8 Å². The molecule has 2 aliphatic heterocycles. The molecule has 4 amide bonds. The van der Waals surface area contributed by atoms with E-state index < -0.39 is 98.2 Å². The summed E-state index contributed by atoms with van der Waals surface area (Å²) in [7, 11) is 1.22. The maximum atomic E-state index is 15.2. The number of ether oxygens (including phenoxy) is 1. The number of hydrogen-bond acceptors (Lipinski definition) is 6. The first kappa shape index (κ1) is 32.1. The van der Waals surface area contributed by atoms with Crippen molar-refractivity contribution >= 4 is 58.2 Å². The van der Waals surface area contributed by atoms with Crippen LogP contribution in [0.25, 0.3) is 0 Å². The Morgan fingerprint density at radius 3 is 2.06 bits per heavy atom. The molecule has 0 radical (unpaired) electrons.